The second-order valence-corrected chi connectivity index (χ2v) is 5.78. The molecule has 0 aliphatic carbocycles. The number of sulfonamides is 1. The number of hydrogen-bond acceptors (Lipinski definition) is 7. The Morgan fingerprint density at radius 1 is 1.35 bits per heavy atom. The van der Waals surface area contributed by atoms with E-state index in [-0.39, 0.29) is 11.5 Å². The van der Waals surface area contributed by atoms with E-state index >= 15 is 0 Å². The Labute approximate surface area is 130 Å². The summed E-state index contributed by atoms with van der Waals surface area (Å²) in [5, 5.41) is 10.8. The predicted molar refractivity (Wildman–Crippen MR) is 76.1 cm³/mol. The molecule has 2 N–H and O–H groups in total. The SMILES string of the molecule is COc1ccc([N+](=O)[O-])cc1S(=O)(=O)NNC(=O)c1ccco1. The molecule has 2 aromatic rings. The Morgan fingerprint density at radius 2 is 2.09 bits per heavy atom. The summed E-state index contributed by atoms with van der Waals surface area (Å²) >= 11 is 0. The summed E-state index contributed by atoms with van der Waals surface area (Å²) in [6.45, 7) is 0. The zero-order valence-corrected chi connectivity index (χ0v) is 12.5. The van der Waals surface area contributed by atoms with Crippen molar-refractivity contribution in [3.05, 3.63) is 52.5 Å². The number of nitrogens with one attached hydrogen (secondary N) is 2. The number of methoxy groups -OCH3 is 1. The summed E-state index contributed by atoms with van der Waals surface area (Å²) in [7, 11) is -3.09. The highest BCUT2D eigenvalue weighted by atomic mass is 32.2. The summed E-state index contributed by atoms with van der Waals surface area (Å²) in [5.41, 5.74) is 1.49. The average molecular weight is 341 g/mol. The van der Waals surface area contributed by atoms with E-state index in [4.69, 9.17) is 9.15 Å². The molecule has 0 aliphatic rings. The van der Waals surface area contributed by atoms with Gasteiger partial charge in [0.2, 0.25) is 0 Å². The van der Waals surface area contributed by atoms with Crippen LogP contribution < -0.4 is 15.0 Å². The van der Waals surface area contributed by atoms with Crippen molar-refractivity contribution in [1.82, 2.24) is 10.3 Å². The largest absolute Gasteiger partial charge is 0.495 e. The molecule has 0 spiro atoms. The zero-order chi connectivity index (χ0) is 17.0. The van der Waals surface area contributed by atoms with Gasteiger partial charge in [-0.05, 0) is 18.2 Å². The van der Waals surface area contributed by atoms with Crippen molar-refractivity contribution in [2.75, 3.05) is 7.11 Å². The Kier molecular flexibility index (Phi) is 4.62. The molecule has 23 heavy (non-hydrogen) atoms. The van der Waals surface area contributed by atoms with Crippen molar-refractivity contribution in [3.63, 3.8) is 0 Å². The van der Waals surface area contributed by atoms with Crippen LogP contribution in [0.25, 0.3) is 0 Å². The van der Waals surface area contributed by atoms with Crippen molar-refractivity contribution in [2.24, 2.45) is 0 Å². The topological polar surface area (TPSA) is 141 Å². The molecule has 0 unspecified atom stereocenters. The lowest BCUT2D eigenvalue weighted by molar-refractivity contribution is -0.385. The number of carbonyl (C=O) groups is 1. The number of hydrazine groups is 1. The predicted octanol–water partition coefficient (Wildman–Crippen LogP) is 0.820. The first-order valence-electron chi connectivity index (χ1n) is 6.03. The molecule has 0 bridgehead atoms. The molecule has 1 amide bonds. The van der Waals surface area contributed by atoms with Gasteiger partial charge in [-0.1, -0.05) is 0 Å². The molecule has 0 aliphatic heterocycles. The first-order valence-corrected chi connectivity index (χ1v) is 7.51. The van der Waals surface area contributed by atoms with Crippen molar-refractivity contribution in [1.29, 1.82) is 0 Å². The van der Waals surface area contributed by atoms with Crippen LogP contribution in [0, 0.1) is 10.1 Å². The molecule has 10 nitrogen and oxygen atoms in total. The number of carbonyl (C=O) groups excluding carboxylic acids is 1. The summed E-state index contributed by atoms with van der Waals surface area (Å²) < 4.78 is 34.1. The first kappa shape index (κ1) is 16.5. The van der Waals surface area contributed by atoms with Gasteiger partial charge in [0.25, 0.3) is 15.7 Å². The zero-order valence-electron chi connectivity index (χ0n) is 11.7. The number of benzene rings is 1. The molecular formula is C12H11N3O7S. The molecular weight excluding hydrogens is 330 g/mol. The van der Waals surface area contributed by atoms with Gasteiger partial charge in [-0.2, -0.15) is 0 Å². The van der Waals surface area contributed by atoms with Crippen LogP contribution in [0.3, 0.4) is 0 Å². The Balaban J connectivity index is 2.26. The standard InChI is InChI=1S/C12H11N3O7S/c1-21-9-5-4-8(15(17)18)7-11(9)23(19,20)14-13-12(16)10-3-2-6-22-10/h2-7,14H,1H3,(H,13,16). The number of rotatable bonds is 6. The maximum absolute atomic E-state index is 12.2. The highest BCUT2D eigenvalue weighted by Gasteiger charge is 2.24. The lowest BCUT2D eigenvalue weighted by Crippen LogP contribution is -2.41. The smallest absolute Gasteiger partial charge is 0.301 e. The van der Waals surface area contributed by atoms with Crippen LogP contribution >= 0.6 is 0 Å². The fourth-order valence-corrected chi connectivity index (χ4v) is 2.66. The van der Waals surface area contributed by atoms with Gasteiger partial charge in [0.1, 0.15) is 10.6 Å². The number of nitro benzene ring substituents is 1. The molecule has 1 aromatic heterocycles. The van der Waals surface area contributed by atoms with Crippen molar-refractivity contribution >= 4 is 21.6 Å². The fourth-order valence-electron chi connectivity index (χ4n) is 1.63. The highest BCUT2D eigenvalue weighted by molar-refractivity contribution is 7.89. The molecule has 0 atom stereocenters. The fraction of sp³-hybridized carbons (Fsp3) is 0.0833. The third-order valence-electron chi connectivity index (χ3n) is 2.69. The van der Waals surface area contributed by atoms with Crippen LogP contribution in [-0.4, -0.2) is 26.4 Å². The van der Waals surface area contributed by atoms with Gasteiger partial charge in [0.15, 0.2) is 5.76 Å². The molecule has 11 heteroatoms. The van der Waals surface area contributed by atoms with E-state index in [2.05, 4.69) is 0 Å². The van der Waals surface area contributed by atoms with E-state index in [9.17, 15) is 23.3 Å². The van der Waals surface area contributed by atoms with Crippen LogP contribution in [0.2, 0.25) is 0 Å². The molecule has 0 saturated carbocycles. The second-order valence-electron chi connectivity index (χ2n) is 4.13. The van der Waals surface area contributed by atoms with Gasteiger partial charge >= 0.3 is 5.91 Å². The Morgan fingerprint density at radius 3 is 2.65 bits per heavy atom. The lowest BCUT2D eigenvalue weighted by Gasteiger charge is -2.10. The quantitative estimate of drug-likeness (QED) is 0.585. The van der Waals surface area contributed by atoms with Crippen molar-refractivity contribution < 1.29 is 27.3 Å². The van der Waals surface area contributed by atoms with E-state index in [1.807, 2.05) is 10.3 Å². The summed E-state index contributed by atoms with van der Waals surface area (Å²) in [5.74, 6) is -1.06. The monoisotopic (exact) mass is 341 g/mol. The summed E-state index contributed by atoms with van der Waals surface area (Å²) in [4.78, 5) is 23.0. The minimum atomic E-state index is -4.30. The number of nitro groups is 1. The van der Waals surface area contributed by atoms with Crippen molar-refractivity contribution in [2.45, 2.75) is 4.90 Å². The third-order valence-corrected chi connectivity index (χ3v) is 3.96. The van der Waals surface area contributed by atoms with Gasteiger partial charge in [-0.25, -0.2) is 8.42 Å². The van der Waals surface area contributed by atoms with Crippen LogP contribution in [-0.2, 0) is 10.0 Å². The average Bonchev–Trinajstić information content (AvgIpc) is 3.06. The molecule has 0 radical (unpaired) electrons. The number of furan rings is 1. The lowest BCUT2D eigenvalue weighted by atomic mass is 10.3. The third kappa shape index (κ3) is 3.64. The van der Waals surface area contributed by atoms with Crippen molar-refractivity contribution in [3.8, 4) is 5.75 Å². The number of non-ortho nitro benzene ring substituents is 1. The number of ether oxygens (including phenoxy) is 1. The minimum Gasteiger partial charge on any atom is -0.495 e. The number of hydrogen-bond donors (Lipinski definition) is 2. The highest BCUT2D eigenvalue weighted by Crippen LogP contribution is 2.27. The molecule has 2 rings (SSSR count). The van der Waals surface area contributed by atoms with Crippen LogP contribution in [0.4, 0.5) is 5.69 Å². The van der Waals surface area contributed by atoms with Crippen LogP contribution in [0.5, 0.6) is 5.75 Å². The van der Waals surface area contributed by atoms with Gasteiger partial charge < -0.3 is 9.15 Å². The minimum absolute atomic E-state index is 0.112. The van der Waals surface area contributed by atoms with E-state index < -0.39 is 31.4 Å². The summed E-state index contributed by atoms with van der Waals surface area (Å²) in [6, 6.07) is 5.84. The number of amides is 1. The normalized spacial score (nSPS) is 11.0. The van der Waals surface area contributed by atoms with Gasteiger partial charge in [0, 0.05) is 12.1 Å². The maximum Gasteiger partial charge on any atom is 0.301 e. The number of nitrogens with zero attached hydrogens (tertiary/aromatic N) is 1. The van der Waals surface area contributed by atoms with E-state index in [0.717, 1.165) is 18.2 Å². The van der Waals surface area contributed by atoms with E-state index in [1.54, 1.807) is 0 Å². The maximum atomic E-state index is 12.2. The Hall–Kier alpha value is -2.92. The molecule has 0 saturated heterocycles. The first-order chi connectivity index (χ1) is 10.8. The van der Waals surface area contributed by atoms with Gasteiger partial charge in [0.05, 0.1) is 18.3 Å². The molecule has 122 valence electrons. The summed E-state index contributed by atoms with van der Waals surface area (Å²) in [6.07, 6.45) is 1.24. The molecule has 1 aromatic carbocycles. The van der Waals surface area contributed by atoms with E-state index in [1.165, 1.54) is 25.5 Å². The Bertz CT molecular complexity index is 830. The van der Waals surface area contributed by atoms with Gasteiger partial charge in [-0.3, -0.25) is 20.3 Å². The molecule has 1 heterocycles. The molecule has 0 fully saturated rings. The van der Waals surface area contributed by atoms with Crippen LogP contribution in [0.1, 0.15) is 10.6 Å². The van der Waals surface area contributed by atoms with E-state index in [0.29, 0.717) is 0 Å². The second kappa shape index (κ2) is 6.46. The van der Waals surface area contributed by atoms with Crippen LogP contribution in [0.15, 0.2) is 45.9 Å². The van der Waals surface area contributed by atoms with Gasteiger partial charge in [-0.15, -0.1) is 4.83 Å².